The zero-order chi connectivity index (χ0) is 13.0. The van der Waals surface area contributed by atoms with E-state index in [0.717, 1.165) is 0 Å². The molecule has 2 rings (SSSR count). The van der Waals surface area contributed by atoms with Gasteiger partial charge in [0, 0.05) is 13.6 Å². The van der Waals surface area contributed by atoms with Gasteiger partial charge in [-0.2, -0.15) is 0 Å². The van der Waals surface area contributed by atoms with Crippen LogP contribution < -0.4 is 11.1 Å². The monoisotopic (exact) mass is 250 g/mol. The minimum atomic E-state index is -0.304. The third kappa shape index (κ3) is 2.69. The lowest BCUT2D eigenvalue weighted by Crippen LogP contribution is -2.24. The number of nitrogens with one attached hydrogen (secondary N) is 1. The van der Waals surface area contributed by atoms with Crippen molar-refractivity contribution in [1.29, 1.82) is 0 Å². The second-order valence-corrected chi connectivity index (χ2v) is 3.70. The largest absolute Gasteiger partial charge is 0.343 e. The third-order valence-electron chi connectivity index (χ3n) is 2.34. The molecule has 2 aromatic rings. The average Bonchev–Trinajstić information content (AvgIpc) is 2.96. The Hall–Kier alpha value is -2.29. The molecule has 9 nitrogen and oxygen atoms in total. The van der Waals surface area contributed by atoms with Gasteiger partial charge in [0.1, 0.15) is 6.33 Å². The van der Waals surface area contributed by atoms with Gasteiger partial charge >= 0.3 is 0 Å². The molecule has 0 saturated carbocycles. The molecule has 9 heteroatoms. The topological polar surface area (TPSA) is 117 Å². The summed E-state index contributed by atoms with van der Waals surface area (Å²) in [6, 6.07) is 0. The standard InChI is InChI=1S/C9H14N8O/c1-16-6-12-14-8(16)4-11-9(18)7-5-17(3-2-10)15-13-7/h5-6H,2-4,10H2,1H3,(H,11,18). The highest BCUT2D eigenvalue weighted by Gasteiger charge is 2.11. The van der Waals surface area contributed by atoms with Crippen LogP contribution in [0.5, 0.6) is 0 Å². The van der Waals surface area contributed by atoms with Crippen LogP contribution in [-0.2, 0) is 20.1 Å². The number of nitrogens with two attached hydrogens (primary N) is 1. The molecule has 0 radical (unpaired) electrons. The lowest BCUT2D eigenvalue weighted by Gasteiger charge is -2.01. The number of hydrogen-bond donors (Lipinski definition) is 2. The van der Waals surface area contributed by atoms with Crippen LogP contribution >= 0.6 is 0 Å². The van der Waals surface area contributed by atoms with Gasteiger partial charge in [-0.05, 0) is 0 Å². The summed E-state index contributed by atoms with van der Waals surface area (Å²) < 4.78 is 3.25. The zero-order valence-electron chi connectivity index (χ0n) is 9.94. The number of carbonyl (C=O) groups is 1. The molecule has 2 aromatic heterocycles. The normalized spacial score (nSPS) is 10.6. The molecule has 0 unspecified atom stereocenters. The zero-order valence-corrected chi connectivity index (χ0v) is 9.94. The fourth-order valence-electron chi connectivity index (χ4n) is 1.36. The van der Waals surface area contributed by atoms with Crippen LogP contribution in [0.3, 0.4) is 0 Å². The summed E-state index contributed by atoms with van der Waals surface area (Å²) in [5.41, 5.74) is 5.63. The summed E-state index contributed by atoms with van der Waals surface area (Å²) >= 11 is 0. The Balaban J connectivity index is 1.93. The van der Waals surface area contributed by atoms with E-state index >= 15 is 0 Å². The molecule has 0 aliphatic rings. The van der Waals surface area contributed by atoms with Crippen LogP contribution in [0.25, 0.3) is 0 Å². The fourth-order valence-corrected chi connectivity index (χ4v) is 1.36. The first-order valence-corrected chi connectivity index (χ1v) is 5.42. The average molecular weight is 250 g/mol. The predicted molar refractivity (Wildman–Crippen MR) is 61.2 cm³/mol. The second-order valence-electron chi connectivity index (χ2n) is 3.70. The van der Waals surface area contributed by atoms with Crippen LogP contribution in [0.2, 0.25) is 0 Å². The Morgan fingerprint density at radius 1 is 1.50 bits per heavy atom. The summed E-state index contributed by atoms with van der Waals surface area (Å²) in [7, 11) is 1.80. The molecule has 0 bridgehead atoms. The highest BCUT2D eigenvalue weighted by atomic mass is 16.2. The lowest BCUT2D eigenvalue weighted by molar-refractivity contribution is 0.0944. The van der Waals surface area contributed by atoms with Crippen LogP contribution in [0, 0.1) is 0 Å². The molecule has 0 aromatic carbocycles. The molecule has 3 N–H and O–H groups in total. The summed E-state index contributed by atoms with van der Waals surface area (Å²) in [6.07, 6.45) is 3.12. The molecule has 2 heterocycles. The Labute approximate surface area is 103 Å². The number of aryl methyl sites for hydroxylation is 1. The van der Waals surface area contributed by atoms with Crippen molar-refractivity contribution in [3.05, 3.63) is 24.0 Å². The van der Waals surface area contributed by atoms with Gasteiger partial charge in [0.25, 0.3) is 5.91 Å². The van der Waals surface area contributed by atoms with Crippen molar-refractivity contribution in [2.75, 3.05) is 6.54 Å². The van der Waals surface area contributed by atoms with Gasteiger partial charge in [0.2, 0.25) is 0 Å². The Morgan fingerprint density at radius 2 is 2.33 bits per heavy atom. The summed E-state index contributed by atoms with van der Waals surface area (Å²) in [5.74, 6) is 0.360. The molecule has 1 amide bonds. The van der Waals surface area contributed by atoms with Crippen molar-refractivity contribution in [3.8, 4) is 0 Å². The van der Waals surface area contributed by atoms with Gasteiger partial charge in [0.05, 0.1) is 19.3 Å². The second kappa shape index (κ2) is 5.36. The van der Waals surface area contributed by atoms with Crippen molar-refractivity contribution < 1.29 is 4.79 Å². The van der Waals surface area contributed by atoms with Crippen LogP contribution in [-0.4, -0.2) is 42.2 Å². The van der Waals surface area contributed by atoms with Crippen molar-refractivity contribution >= 4 is 5.91 Å². The van der Waals surface area contributed by atoms with Crippen LogP contribution in [0.4, 0.5) is 0 Å². The highest BCUT2D eigenvalue weighted by Crippen LogP contribution is 1.95. The Morgan fingerprint density at radius 3 is 3.00 bits per heavy atom. The van der Waals surface area contributed by atoms with Crippen LogP contribution in [0.15, 0.2) is 12.5 Å². The molecule has 0 fully saturated rings. The van der Waals surface area contributed by atoms with Gasteiger partial charge in [-0.1, -0.05) is 5.21 Å². The van der Waals surface area contributed by atoms with Gasteiger partial charge in [0.15, 0.2) is 11.5 Å². The van der Waals surface area contributed by atoms with Crippen molar-refractivity contribution in [3.63, 3.8) is 0 Å². The van der Waals surface area contributed by atoms with Gasteiger partial charge < -0.3 is 15.6 Å². The number of hydrogen-bond acceptors (Lipinski definition) is 6. The summed E-state index contributed by atoms with van der Waals surface area (Å²) in [6.45, 7) is 1.27. The maximum Gasteiger partial charge on any atom is 0.273 e. The van der Waals surface area contributed by atoms with E-state index in [4.69, 9.17) is 5.73 Å². The number of amides is 1. The molecule has 0 atom stereocenters. The minimum Gasteiger partial charge on any atom is -0.343 e. The maximum atomic E-state index is 11.8. The molecular weight excluding hydrogens is 236 g/mol. The van der Waals surface area contributed by atoms with E-state index in [2.05, 4.69) is 25.8 Å². The van der Waals surface area contributed by atoms with Gasteiger partial charge in [-0.3, -0.25) is 9.48 Å². The van der Waals surface area contributed by atoms with Crippen molar-refractivity contribution in [1.82, 2.24) is 35.1 Å². The van der Waals surface area contributed by atoms with Crippen molar-refractivity contribution in [2.24, 2.45) is 12.8 Å². The van der Waals surface area contributed by atoms with Gasteiger partial charge in [-0.25, -0.2) is 0 Å². The minimum absolute atomic E-state index is 0.255. The molecule has 96 valence electrons. The lowest BCUT2D eigenvalue weighted by atomic mass is 10.4. The number of carbonyl (C=O) groups excluding carboxylic acids is 1. The number of nitrogens with zero attached hydrogens (tertiary/aromatic N) is 6. The maximum absolute atomic E-state index is 11.8. The Kier molecular flexibility index (Phi) is 3.63. The predicted octanol–water partition coefficient (Wildman–Crippen LogP) is -1.70. The summed E-state index contributed by atoms with van der Waals surface area (Å²) in [5, 5.41) is 17.8. The van der Waals surface area contributed by atoms with E-state index < -0.39 is 0 Å². The van der Waals surface area contributed by atoms with E-state index in [-0.39, 0.29) is 11.6 Å². The molecular formula is C9H14N8O. The van der Waals surface area contributed by atoms with E-state index in [9.17, 15) is 4.79 Å². The number of aromatic nitrogens is 6. The van der Waals surface area contributed by atoms with Gasteiger partial charge in [-0.15, -0.1) is 15.3 Å². The fraction of sp³-hybridized carbons (Fsp3) is 0.444. The molecule has 0 aliphatic heterocycles. The van der Waals surface area contributed by atoms with E-state index in [0.29, 0.717) is 25.5 Å². The molecule has 18 heavy (non-hydrogen) atoms. The van der Waals surface area contributed by atoms with Crippen LogP contribution in [0.1, 0.15) is 16.3 Å². The first-order valence-electron chi connectivity index (χ1n) is 5.42. The smallest absolute Gasteiger partial charge is 0.273 e. The molecule has 0 spiro atoms. The third-order valence-corrected chi connectivity index (χ3v) is 2.34. The van der Waals surface area contributed by atoms with Crippen molar-refractivity contribution in [2.45, 2.75) is 13.1 Å². The molecule has 0 saturated heterocycles. The first kappa shape index (κ1) is 12.2. The van der Waals surface area contributed by atoms with E-state index in [1.54, 1.807) is 24.1 Å². The van der Waals surface area contributed by atoms with E-state index in [1.807, 2.05) is 0 Å². The Bertz CT molecular complexity index is 530. The molecule has 0 aliphatic carbocycles. The first-order chi connectivity index (χ1) is 8.70. The quantitative estimate of drug-likeness (QED) is 0.653. The summed E-state index contributed by atoms with van der Waals surface area (Å²) in [4.78, 5) is 11.8. The SMILES string of the molecule is Cn1cnnc1CNC(=O)c1cn(CCN)nn1. The number of rotatable bonds is 5. The van der Waals surface area contributed by atoms with E-state index in [1.165, 1.54) is 4.68 Å². The highest BCUT2D eigenvalue weighted by molar-refractivity contribution is 5.91.